The molecule has 0 saturated heterocycles. The molecule has 140 valence electrons. The van der Waals surface area contributed by atoms with Gasteiger partial charge < -0.3 is 15.0 Å². The first-order valence-electron chi connectivity index (χ1n) is 9.03. The quantitative estimate of drug-likeness (QED) is 0.746. The Kier molecular flexibility index (Phi) is 7.48. The van der Waals surface area contributed by atoms with E-state index in [1.54, 1.807) is 0 Å². The lowest BCUT2D eigenvalue weighted by Crippen LogP contribution is -2.32. The van der Waals surface area contributed by atoms with E-state index in [-0.39, 0.29) is 5.91 Å². The number of amides is 1. The average Bonchev–Trinajstić information content (AvgIpc) is 2.63. The zero-order valence-electron chi connectivity index (χ0n) is 16.2. The van der Waals surface area contributed by atoms with Gasteiger partial charge in [-0.1, -0.05) is 31.2 Å². The highest BCUT2D eigenvalue weighted by Gasteiger charge is 2.12. The second-order valence-electron chi connectivity index (χ2n) is 6.34. The molecule has 0 saturated carbocycles. The lowest BCUT2D eigenvalue weighted by atomic mass is 10.2. The molecule has 0 aliphatic carbocycles. The first-order chi connectivity index (χ1) is 12.5. The van der Waals surface area contributed by atoms with Crippen molar-refractivity contribution in [3.05, 3.63) is 54.1 Å². The molecular weight excluding hydrogens is 326 g/mol. The van der Waals surface area contributed by atoms with Gasteiger partial charge >= 0.3 is 0 Å². The lowest BCUT2D eigenvalue weighted by molar-refractivity contribution is -0.117. The maximum absolute atomic E-state index is 12.5. The van der Waals surface area contributed by atoms with E-state index in [9.17, 15) is 4.79 Å². The summed E-state index contributed by atoms with van der Waals surface area (Å²) >= 11 is 0. The van der Waals surface area contributed by atoms with Crippen LogP contribution in [0.15, 0.2) is 48.5 Å². The van der Waals surface area contributed by atoms with Gasteiger partial charge in [0.1, 0.15) is 5.75 Å². The van der Waals surface area contributed by atoms with Crippen LogP contribution >= 0.6 is 0 Å². The molecule has 2 aromatic rings. The van der Waals surface area contributed by atoms with Crippen LogP contribution in [0, 0.1) is 0 Å². The first kappa shape index (κ1) is 19.8. The van der Waals surface area contributed by atoms with Gasteiger partial charge in [-0.25, -0.2) is 0 Å². The van der Waals surface area contributed by atoms with Crippen LogP contribution in [0.3, 0.4) is 0 Å². The number of para-hydroxylation sites is 2. The fraction of sp³-hybridized carbons (Fsp3) is 0.381. The predicted molar refractivity (Wildman–Crippen MR) is 108 cm³/mol. The number of likely N-dealkylation sites (N-methyl/N-ethyl adjacent to an activating group) is 1. The Morgan fingerprint density at radius 1 is 1.04 bits per heavy atom. The van der Waals surface area contributed by atoms with E-state index in [1.807, 2.05) is 45.3 Å². The van der Waals surface area contributed by atoms with E-state index in [1.165, 1.54) is 11.3 Å². The van der Waals surface area contributed by atoms with Gasteiger partial charge in [0.2, 0.25) is 5.91 Å². The molecule has 2 rings (SSSR count). The number of nitrogens with one attached hydrogen (secondary N) is 1. The highest BCUT2D eigenvalue weighted by molar-refractivity contribution is 5.93. The lowest BCUT2D eigenvalue weighted by Gasteiger charge is -2.21. The predicted octanol–water partition coefficient (Wildman–Crippen LogP) is 3.61. The summed E-state index contributed by atoms with van der Waals surface area (Å²) in [7, 11) is 4.05. The molecular formula is C21H29N3O2. The van der Waals surface area contributed by atoms with Gasteiger partial charge in [-0.05, 0) is 43.3 Å². The van der Waals surface area contributed by atoms with E-state index < -0.39 is 0 Å². The molecule has 1 N–H and O–H groups in total. The summed E-state index contributed by atoms with van der Waals surface area (Å²) in [5, 5.41) is 2.96. The molecule has 0 unspecified atom stereocenters. The summed E-state index contributed by atoms with van der Waals surface area (Å²) < 4.78 is 5.56. The standard InChI is InChI=1S/C21H29N3O2/c1-5-24(15-17-11-13-18(14-12-17)23(3)4)16-21(25)22-19-9-7-8-10-20(19)26-6-2/h7-14H,5-6,15-16H2,1-4H3,(H,22,25). The molecule has 0 spiro atoms. The van der Waals surface area contributed by atoms with Crippen molar-refractivity contribution in [2.24, 2.45) is 0 Å². The molecule has 5 heteroatoms. The van der Waals surface area contributed by atoms with Gasteiger partial charge in [0.15, 0.2) is 0 Å². The van der Waals surface area contributed by atoms with E-state index >= 15 is 0 Å². The minimum absolute atomic E-state index is 0.0380. The van der Waals surface area contributed by atoms with E-state index in [0.717, 1.165) is 13.1 Å². The number of ether oxygens (including phenoxy) is 1. The van der Waals surface area contributed by atoms with Crippen molar-refractivity contribution in [3.8, 4) is 5.75 Å². The highest BCUT2D eigenvalue weighted by Crippen LogP contribution is 2.23. The molecule has 0 aliphatic heterocycles. The maximum Gasteiger partial charge on any atom is 0.238 e. The van der Waals surface area contributed by atoms with Crippen molar-refractivity contribution in [3.63, 3.8) is 0 Å². The molecule has 2 aromatic carbocycles. The Morgan fingerprint density at radius 2 is 1.73 bits per heavy atom. The van der Waals surface area contributed by atoms with Gasteiger partial charge in [-0.15, -0.1) is 0 Å². The number of carbonyl (C=O) groups excluding carboxylic acids is 1. The minimum Gasteiger partial charge on any atom is -0.492 e. The number of benzene rings is 2. The van der Waals surface area contributed by atoms with Crippen molar-refractivity contribution in [1.82, 2.24) is 4.90 Å². The number of carbonyl (C=O) groups is 1. The Morgan fingerprint density at radius 3 is 2.35 bits per heavy atom. The maximum atomic E-state index is 12.5. The molecule has 0 aliphatic rings. The van der Waals surface area contributed by atoms with Gasteiger partial charge in [0, 0.05) is 26.3 Å². The fourth-order valence-electron chi connectivity index (χ4n) is 2.68. The Hall–Kier alpha value is -2.53. The molecule has 1 amide bonds. The third kappa shape index (κ3) is 5.77. The van der Waals surface area contributed by atoms with E-state index in [2.05, 4.69) is 46.3 Å². The number of anilines is 2. The second kappa shape index (κ2) is 9.82. The van der Waals surface area contributed by atoms with Crippen LogP contribution in [0.1, 0.15) is 19.4 Å². The normalized spacial score (nSPS) is 10.7. The van der Waals surface area contributed by atoms with Gasteiger partial charge in [0.25, 0.3) is 0 Å². The molecule has 0 atom stereocenters. The largest absolute Gasteiger partial charge is 0.492 e. The van der Waals surface area contributed by atoms with Crippen LogP contribution in [-0.4, -0.2) is 44.6 Å². The molecule has 5 nitrogen and oxygen atoms in total. The fourth-order valence-corrected chi connectivity index (χ4v) is 2.68. The summed E-state index contributed by atoms with van der Waals surface area (Å²) in [6, 6.07) is 15.9. The van der Waals surface area contributed by atoms with Crippen molar-refractivity contribution >= 4 is 17.3 Å². The van der Waals surface area contributed by atoms with Crippen LogP contribution in [0.5, 0.6) is 5.75 Å². The Balaban J connectivity index is 1.95. The van der Waals surface area contributed by atoms with E-state index in [0.29, 0.717) is 24.6 Å². The monoisotopic (exact) mass is 355 g/mol. The summed E-state index contributed by atoms with van der Waals surface area (Å²) in [5.41, 5.74) is 3.08. The highest BCUT2D eigenvalue weighted by atomic mass is 16.5. The van der Waals surface area contributed by atoms with Crippen molar-refractivity contribution in [2.45, 2.75) is 20.4 Å². The third-order valence-corrected chi connectivity index (χ3v) is 4.13. The summed E-state index contributed by atoms with van der Waals surface area (Å²) in [6.45, 7) is 6.44. The van der Waals surface area contributed by atoms with Crippen LogP contribution in [0.2, 0.25) is 0 Å². The van der Waals surface area contributed by atoms with Gasteiger partial charge in [0.05, 0.1) is 18.8 Å². The van der Waals surface area contributed by atoms with Crippen LogP contribution < -0.4 is 15.0 Å². The average molecular weight is 355 g/mol. The first-order valence-corrected chi connectivity index (χ1v) is 9.03. The topological polar surface area (TPSA) is 44.8 Å². The number of nitrogens with zero attached hydrogens (tertiary/aromatic N) is 2. The zero-order valence-corrected chi connectivity index (χ0v) is 16.2. The van der Waals surface area contributed by atoms with Crippen LogP contribution in [-0.2, 0) is 11.3 Å². The SMILES string of the molecule is CCOc1ccccc1NC(=O)CN(CC)Cc1ccc(N(C)C)cc1. The zero-order chi connectivity index (χ0) is 18.9. The minimum atomic E-state index is -0.0380. The van der Waals surface area contributed by atoms with Crippen molar-refractivity contribution in [2.75, 3.05) is 44.0 Å². The molecule has 0 fully saturated rings. The van der Waals surface area contributed by atoms with Gasteiger partial charge in [-0.3, -0.25) is 9.69 Å². The number of rotatable bonds is 9. The van der Waals surface area contributed by atoms with E-state index in [4.69, 9.17) is 4.74 Å². The third-order valence-electron chi connectivity index (χ3n) is 4.13. The number of hydrogen-bond acceptors (Lipinski definition) is 4. The van der Waals surface area contributed by atoms with Crippen molar-refractivity contribution in [1.29, 1.82) is 0 Å². The van der Waals surface area contributed by atoms with Gasteiger partial charge in [-0.2, -0.15) is 0 Å². The summed E-state index contributed by atoms with van der Waals surface area (Å²) in [4.78, 5) is 16.6. The van der Waals surface area contributed by atoms with Crippen LogP contribution in [0.25, 0.3) is 0 Å². The molecule has 0 aromatic heterocycles. The Bertz CT molecular complexity index is 699. The molecule has 0 radical (unpaired) electrons. The molecule has 0 bridgehead atoms. The molecule has 0 heterocycles. The Labute approximate surface area is 156 Å². The second-order valence-corrected chi connectivity index (χ2v) is 6.34. The summed E-state index contributed by atoms with van der Waals surface area (Å²) in [6.07, 6.45) is 0. The summed E-state index contributed by atoms with van der Waals surface area (Å²) in [5.74, 6) is 0.662. The van der Waals surface area contributed by atoms with Crippen molar-refractivity contribution < 1.29 is 9.53 Å². The van der Waals surface area contributed by atoms with Crippen LogP contribution in [0.4, 0.5) is 11.4 Å². The number of hydrogen-bond donors (Lipinski definition) is 1. The smallest absolute Gasteiger partial charge is 0.238 e. The molecule has 26 heavy (non-hydrogen) atoms.